The molecule has 0 amide bonds. The molecule has 0 aromatic rings. The van der Waals surface area contributed by atoms with Gasteiger partial charge in [-0.05, 0) is 13.8 Å². The topological polar surface area (TPSA) is 29.5 Å². The van der Waals surface area contributed by atoms with Crippen molar-refractivity contribution in [2.75, 3.05) is 7.11 Å². The third-order valence-electron chi connectivity index (χ3n) is 0.939. The Bertz CT molecular complexity index is 114. The summed E-state index contributed by atoms with van der Waals surface area (Å²) < 4.78 is 5.69. The molecule has 0 saturated heterocycles. The number of aliphatic hydroxyl groups is 1. The molecule has 0 rings (SSSR count). The summed E-state index contributed by atoms with van der Waals surface area (Å²) in [6, 6.07) is 0. The number of methoxy groups -OCH3 is 1. The molecule has 0 aliphatic carbocycles. The van der Waals surface area contributed by atoms with Gasteiger partial charge in [0, 0.05) is 4.48 Å². The van der Waals surface area contributed by atoms with Gasteiger partial charge in [0.15, 0.2) is 0 Å². The minimum Gasteiger partial charge on any atom is -0.498 e. The Morgan fingerprint density at radius 3 is 2.11 bits per heavy atom. The first kappa shape index (κ1) is 8.98. The lowest BCUT2D eigenvalue weighted by molar-refractivity contribution is 0.141. The summed E-state index contributed by atoms with van der Waals surface area (Å²) in [6.07, 6.45) is -0.533. The number of ether oxygens (including phenoxy) is 1. The smallest absolute Gasteiger partial charge is 0.133 e. The molecule has 0 aromatic heterocycles. The molecular formula is C6H11BrO2. The molecule has 0 spiro atoms. The van der Waals surface area contributed by atoms with Crippen molar-refractivity contribution < 1.29 is 9.84 Å². The summed E-state index contributed by atoms with van der Waals surface area (Å²) in [5.41, 5.74) is 0. The van der Waals surface area contributed by atoms with E-state index in [1.54, 1.807) is 6.92 Å². The normalized spacial score (nSPS) is 16.6. The Kier molecular flexibility index (Phi) is 3.89. The quantitative estimate of drug-likeness (QED) is 0.678. The fourth-order valence-corrected chi connectivity index (χ4v) is 1.09. The number of rotatable bonds is 2. The Morgan fingerprint density at radius 1 is 1.67 bits per heavy atom. The number of allylic oxidation sites excluding steroid dienone is 1. The van der Waals surface area contributed by atoms with E-state index in [0.717, 1.165) is 4.48 Å². The molecule has 0 aliphatic rings. The van der Waals surface area contributed by atoms with E-state index in [9.17, 15) is 0 Å². The van der Waals surface area contributed by atoms with Crippen LogP contribution < -0.4 is 0 Å². The molecule has 0 aliphatic heterocycles. The first-order chi connectivity index (χ1) is 4.09. The van der Waals surface area contributed by atoms with Crippen LogP contribution in [0.3, 0.4) is 0 Å². The number of hydrogen-bond donors (Lipinski definition) is 1. The molecule has 2 nitrogen and oxygen atoms in total. The van der Waals surface area contributed by atoms with Crippen LogP contribution in [0.25, 0.3) is 0 Å². The van der Waals surface area contributed by atoms with Gasteiger partial charge < -0.3 is 9.84 Å². The van der Waals surface area contributed by atoms with Crippen molar-refractivity contribution >= 4 is 15.9 Å². The van der Waals surface area contributed by atoms with E-state index in [0.29, 0.717) is 5.76 Å². The van der Waals surface area contributed by atoms with Crippen molar-refractivity contribution in [1.29, 1.82) is 0 Å². The van der Waals surface area contributed by atoms with Gasteiger partial charge in [-0.1, -0.05) is 15.9 Å². The van der Waals surface area contributed by atoms with E-state index in [1.165, 1.54) is 7.11 Å². The van der Waals surface area contributed by atoms with Crippen molar-refractivity contribution in [3.63, 3.8) is 0 Å². The fourth-order valence-electron chi connectivity index (χ4n) is 0.599. The average molecular weight is 195 g/mol. The minimum absolute atomic E-state index is 0.533. The zero-order valence-electron chi connectivity index (χ0n) is 5.81. The molecule has 3 heteroatoms. The zero-order chi connectivity index (χ0) is 7.44. The third-order valence-corrected chi connectivity index (χ3v) is 1.33. The second-order valence-electron chi connectivity index (χ2n) is 1.78. The van der Waals surface area contributed by atoms with Crippen LogP contribution in [0.15, 0.2) is 10.2 Å². The predicted octanol–water partition coefficient (Wildman–Crippen LogP) is 1.64. The standard InChI is InChI=1S/C6H11BrO2/c1-4(7)6(9-3)5(2)8/h5,8H,1-3H3/b6-4-. The second-order valence-corrected chi connectivity index (χ2v) is 2.97. The lowest BCUT2D eigenvalue weighted by Gasteiger charge is -2.08. The van der Waals surface area contributed by atoms with Crippen LogP contribution in [0.1, 0.15) is 13.8 Å². The average Bonchev–Trinajstić information content (AvgIpc) is 1.64. The highest BCUT2D eigenvalue weighted by molar-refractivity contribution is 9.11. The van der Waals surface area contributed by atoms with Crippen molar-refractivity contribution in [2.45, 2.75) is 20.0 Å². The van der Waals surface area contributed by atoms with E-state index in [4.69, 9.17) is 9.84 Å². The molecule has 9 heavy (non-hydrogen) atoms. The summed E-state index contributed by atoms with van der Waals surface area (Å²) in [7, 11) is 1.53. The Morgan fingerprint density at radius 2 is 2.11 bits per heavy atom. The SMILES string of the molecule is CO/C(=C(/C)Br)C(C)O. The van der Waals surface area contributed by atoms with E-state index < -0.39 is 6.10 Å². The number of halogens is 1. The van der Waals surface area contributed by atoms with Crippen LogP contribution in [-0.2, 0) is 4.74 Å². The maximum atomic E-state index is 8.97. The predicted molar refractivity (Wildman–Crippen MR) is 40.3 cm³/mol. The summed E-state index contributed by atoms with van der Waals surface area (Å²) >= 11 is 3.20. The van der Waals surface area contributed by atoms with Crippen LogP contribution in [0.5, 0.6) is 0 Å². The lowest BCUT2D eigenvalue weighted by atomic mass is 10.3. The molecule has 0 heterocycles. The van der Waals surface area contributed by atoms with E-state index in [1.807, 2.05) is 6.92 Å². The van der Waals surface area contributed by atoms with Crippen LogP contribution in [0, 0.1) is 0 Å². The maximum Gasteiger partial charge on any atom is 0.133 e. The van der Waals surface area contributed by atoms with Crippen LogP contribution in [0.2, 0.25) is 0 Å². The van der Waals surface area contributed by atoms with E-state index >= 15 is 0 Å². The highest BCUT2D eigenvalue weighted by atomic mass is 79.9. The molecule has 0 bridgehead atoms. The van der Waals surface area contributed by atoms with Gasteiger partial charge in [0.25, 0.3) is 0 Å². The Balaban J connectivity index is 4.16. The van der Waals surface area contributed by atoms with Gasteiger partial charge in [-0.3, -0.25) is 0 Å². The van der Waals surface area contributed by atoms with Gasteiger partial charge in [0.2, 0.25) is 0 Å². The molecule has 54 valence electrons. The van der Waals surface area contributed by atoms with Gasteiger partial charge in [0.05, 0.1) is 7.11 Å². The molecular weight excluding hydrogens is 184 g/mol. The van der Waals surface area contributed by atoms with Crippen LogP contribution in [0.4, 0.5) is 0 Å². The number of hydrogen-bond acceptors (Lipinski definition) is 2. The van der Waals surface area contributed by atoms with Gasteiger partial charge in [-0.2, -0.15) is 0 Å². The largest absolute Gasteiger partial charge is 0.498 e. The maximum absolute atomic E-state index is 8.97. The summed E-state index contributed by atoms with van der Waals surface area (Å²) in [5.74, 6) is 0.579. The zero-order valence-corrected chi connectivity index (χ0v) is 7.40. The van der Waals surface area contributed by atoms with Crippen LogP contribution in [-0.4, -0.2) is 18.3 Å². The molecule has 0 saturated carbocycles. The van der Waals surface area contributed by atoms with Gasteiger partial charge in [-0.15, -0.1) is 0 Å². The Hall–Kier alpha value is -0.0200. The van der Waals surface area contributed by atoms with Crippen molar-refractivity contribution in [3.8, 4) is 0 Å². The molecule has 1 unspecified atom stereocenters. The lowest BCUT2D eigenvalue weighted by Crippen LogP contribution is -2.06. The number of aliphatic hydroxyl groups excluding tert-OH is 1. The third kappa shape index (κ3) is 2.87. The monoisotopic (exact) mass is 194 g/mol. The molecule has 1 atom stereocenters. The van der Waals surface area contributed by atoms with Crippen molar-refractivity contribution in [2.24, 2.45) is 0 Å². The van der Waals surface area contributed by atoms with Crippen molar-refractivity contribution in [3.05, 3.63) is 10.2 Å². The molecule has 0 radical (unpaired) electrons. The molecule has 0 aromatic carbocycles. The summed E-state index contributed by atoms with van der Waals surface area (Å²) in [6.45, 7) is 3.48. The Labute approximate surface area is 63.6 Å². The molecule has 1 N–H and O–H groups in total. The highest BCUT2D eigenvalue weighted by Crippen LogP contribution is 2.14. The van der Waals surface area contributed by atoms with Gasteiger partial charge in [-0.25, -0.2) is 0 Å². The van der Waals surface area contributed by atoms with Gasteiger partial charge in [0.1, 0.15) is 11.9 Å². The first-order valence-corrected chi connectivity index (χ1v) is 3.47. The van der Waals surface area contributed by atoms with Crippen molar-refractivity contribution in [1.82, 2.24) is 0 Å². The summed E-state index contributed by atoms with van der Waals surface area (Å²) in [4.78, 5) is 0. The minimum atomic E-state index is -0.533. The highest BCUT2D eigenvalue weighted by Gasteiger charge is 2.05. The molecule has 0 fully saturated rings. The van der Waals surface area contributed by atoms with Gasteiger partial charge >= 0.3 is 0 Å². The fraction of sp³-hybridized carbons (Fsp3) is 0.667. The van der Waals surface area contributed by atoms with E-state index in [2.05, 4.69) is 15.9 Å². The summed E-state index contributed by atoms with van der Waals surface area (Å²) in [5, 5.41) is 8.97. The van der Waals surface area contributed by atoms with Crippen LogP contribution >= 0.6 is 15.9 Å². The van der Waals surface area contributed by atoms with E-state index in [-0.39, 0.29) is 0 Å². The first-order valence-electron chi connectivity index (χ1n) is 2.68. The second kappa shape index (κ2) is 3.90.